The molecule has 1 fully saturated rings. The maximum atomic E-state index is 13.7. The first-order chi connectivity index (χ1) is 9.20. The monoisotopic (exact) mass is 290 g/mol. The Kier molecular flexibility index (Phi) is 3.41. The van der Waals surface area contributed by atoms with E-state index in [4.69, 9.17) is 5.73 Å². The van der Waals surface area contributed by atoms with E-state index < -0.39 is 35.3 Å². The van der Waals surface area contributed by atoms with Crippen LogP contribution < -0.4 is 10.6 Å². The maximum Gasteiger partial charge on any atom is 0.416 e. The zero-order chi connectivity index (χ0) is 15.1. The van der Waals surface area contributed by atoms with Gasteiger partial charge in [-0.3, -0.25) is 9.59 Å². The number of hydrogen-bond acceptors (Lipinski definition) is 2. The third-order valence-corrected chi connectivity index (χ3v) is 3.09. The Labute approximate surface area is 111 Å². The number of halogens is 4. The molecule has 1 aromatic rings. The fourth-order valence-corrected chi connectivity index (χ4v) is 2.03. The molecule has 1 saturated heterocycles. The topological polar surface area (TPSA) is 63.4 Å². The lowest BCUT2D eigenvalue weighted by atomic mass is 10.1. The third kappa shape index (κ3) is 2.59. The van der Waals surface area contributed by atoms with Crippen LogP contribution in [0.1, 0.15) is 12.0 Å². The van der Waals surface area contributed by atoms with E-state index in [9.17, 15) is 27.2 Å². The molecule has 1 unspecified atom stereocenters. The predicted octanol–water partition coefficient (Wildman–Crippen LogP) is 1.68. The summed E-state index contributed by atoms with van der Waals surface area (Å²) in [7, 11) is 0. The van der Waals surface area contributed by atoms with E-state index in [1.165, 1.54) is 0 Å². The van der Waals surface area contributed by atoms with E-state index in [1.54, 1.807) is 0 Å². The molecule has 8 heteroatoms. The van der Waals surface area contributed by atoms with Gasteiger partial charge in [0, 0.05) is 13.0 Å². The quantitative estimate of drug-likeness (QED) is 0.842. The van der Waals surface area contributed by atoms with Gasteiger partial charge < -0.3 is 10.6 Å². The molecule has 1 atom stereocenters. The number of benzene rings is 1. The van der Waals surface area contributed by atoms with Crippen molar-refractivity contribution in [2.24, 2.45) is 11.7 Å². The van der Waals surface area contributed by atoms with E-state index in [-0.39, 0.29) is 18.7 Å². The summed E-state index contributed by atoms with van der Waals surface area (Å²) >= 11 is 0. The molecule has 1 heterocycles. The minimum absolute atomic E-state index is 0.129. The number of amides is 2. The van der Waals surface area contributed by atoms with Crippen molar-refractivity contribution < 1.29 is 27.2 Å². The highest BCUT2D eigenvalue weighted by molar-refractivity contribution is 6.00. The number of anilines is 1. The summed E-state index contributed by atoms with van der Waals surface area (Å²) in [6.07, 6.45) is -4.83. The molecule has 2 N–H and O–H groups in total. The third-order valence-electron chi connectivity index (χ3n) is 3.09. The number of rotatable bonds is 2. The molecule has 2 rings (SSSR count). The number of nitrogens with zero attached hydrogens (tertiary/aromatic N) is 1. The summed E-state index contributed by atoms with van der Waals surface area (Å²) in [5, 5.41) is 0. The zero-order valence-electron chi connectivity index (χ0n) is 10.1. The molecular weight excluding hydrogens is 280 g/mol. The maximum absolute atomic E-state index is 13.7. The standard InChI is InChI=1S/C12H10F4N2O2/c13-8-4-7(12(14,15)16)1-2-9(8)18-5-6(11(17)20)3-10(18)19/h1-2,4,6H,3,5H2,(H2,17,20). The second-order valence-corrected chi connectivity index (χ2v) is 4.47. The lowest BCUT2D eigenvalue weighted by molar-refractivity contribution is -0.137. The van der Waals surface area contributed by atoms with Crippen LogP contribution in [0.5, 0.6) is 0 Å². The molecule has 0 bridgehead atoms. The van der Waals surface area contributed by atoms with Crippen LogP contribution >= 0.6 is 0 Å². The molecule has 0 spiro atoms. The largest absolute Gasteiger partial charge is 0.416 e. The molecule has 0 aromatic heterocycles. The van der Waals surface area contributed by atoms with Gasteiger partial charge in [0.1, 0.15) is 5.82 Å². The van der Waals surface area contributed by atoms with E-state index >= 15 is 0 Å². The number of carbonyl (C=O) groups is 2. The predicted molar refractivity (Wildman–Crippen MR) is 61.1 cm³/mol. The number of hydrogen-bond donors (Lipinski definition) is 1. The highest BCUT2D eigenvalue weighted by Gasteiger charge is 2.36. The molecule has 0 radical (unpaired) electrons. The van der Waals surface area contributed by atoms with Gasteiger partial charge in [0.15, 0.2) is 0 Å². The highest BCUT2D eigenvalue weighted by Crippen LogP contribution is 2.34. The molecule has 108 valence electrons. The Balaban J connectivity index is 2.31. The second-order valence-electron chi connectivity index (χ2n) is 4.47. The van der Waals surface area contributed by atoms with Crippen molar-refractivity contribution in [1.82, 2.24) is 0 Å². The van der Waals surface area contributed by atoms with Crippen molar-refractivity contribution in [3.05, 3.63) is 29.6 Å². The number of primary amides is 1. The minimum atomic E-state index is -4.66. The molecule has 20 heavy (non-hydrogen) atoms. The fourth-order valence-electron chi connectivity index (χ4n) is 2.03. The molecule has 4 nitrogen and oxygen atoms in total. The van der Waals surface area contributed by atoms with E-state index in [0.717, 1.165) is 11.0 Å². The second kappa shape index (κ2) is 4.77. The van der Waals surface area contributed by atoms with Crippen LogP contribution in [-0.4, -0.2) is 18.4 Å². The van der Waals surface area contributed by atoms with Crippen LogP contribution in [0.15, 0.2) is 18.2 Å². The summed E-state index contributed by atoms with van der Waals surface area (Å²) in [6.45, 7) is -0.129. The molecule has 2 amide bonds. The smallest absolute Gasteiger partial charge is 0.369 e. The number of alkyl halides is 3. The average molecular weight is 290 g/mol. The lowest BCUT2D eigenvalue weighted by Gasteiger charge is -2.18. The van der Waals surface area contributed by atoms with Gasteiger partial charge in [0.2, 0.25) is 11.8 Å². The van der Waals surface area contributed by atoms with Gasteiger partial charge >= 0.3 is 6.18 Å². The lowest BCUT2D eigenvalue weighted by Crippen LogP contribution is -2.29. The van der Waals surface area contributed by atoms with E-state index in [1.807, 2.05) is 0 Å². The van der Waals surface area contributed by atoms with Crippen molar-refractivity contribution in [1.29, 1.82) is 0 Å². The zero-order valence-corrected chi connectivity index (χ0v) is 10.1. The van der Waals surface area contributed by atoms with Gasteiger partial charge in [0.05, 0.1) is 17.2 Å². The Bertz CT molecular complexity index is 571. The average Bonchev–Trinajstić information content (AvgIpc) is 2.70. The Morgan fingerprint density at radius 2 is 2.00 bits per heavy atom. The summed E-state index contributed by atoms with van der Waals surface area (Å²) in [5.41, 5.74) is 3.63. The van der Waals surface area contributed by atoms with Crippen molar-refractivity contribution >= 4 is 17.5 Å². The SMILES string of the molecule is NC(=O)C1CC(=O)N(c2ccc(C(F)(F)F)cc2F)C1. The van der Waals surface area contributed by atoms with Crippen LogP contribution in [0.4, 0.5) is 23.2 Å². The number of nitrogens with two attached hydrogens (primary N) is 1. The van der Waals surface area contributed by atoms with E-state index in [2.05, 4.69) is 0 Å². The Morgan fingerprint density at radius 1 is 1.35 bits per heavy atom. The van der Waals surface area contributed by atoms with Crippen LogP contribution in [0.3, 0.4) is 0 Å². The summed E-state index contributed by atoms with van der Waals surface area (Å²) in [6, 6.07) is 1.88. The van der Waals surface area contributed by atoms with Crippen LogP contribution in [-0.2, 0) is 15.8 Å². The van der Waals surface area contributed by atoms with Crippen LogP contribution in [0, 0.1) is 11.7 Å². The van der Waals surface area contributed by atoms with Crippen LogP contribution in [0.25, 0.3) is 0 Å². The molecule has 0 aliphatic carbocycles. The Morgan fingerprint density at radius 3 is 2.45 bits per heavy atom. The van der Waals surface area contributed by atoms with Crippen LogP contribution in [0.2, 0.25) is 0 Å². The van der Waals surface area contributed by atoms with Gasteiger partial charge in [-0.05, 0) is 18.2 Å². The van der Waals surface area contributed by atoms with Crippen molar-refractivity contribution in [3.8, 4) is 0 Å². The van der Waals surface area contributed by atoms with Crippen molar-refractivity contribution in [3.63, 3.8) is 0 Å². The normalized spacial score (nSPS) is 19.5. The van der Waals surface area contributed by atoms with Gasteiger partial charge in [-0.1, -0.05) is 0 Å². The number of carbonyl (C=O) groups excluding carboxylic acids is 2. The summed E-state index contributed by atoms with van der Waals surface area (Å²) in [4.78, 5) is 23.6. The molecule has 0 saturated carbocycles. The molecule has 1 aromatic carbocycles. The van der Waals surface area contributed by atoms with Crippen molar-refractivity contribution in [2.45, 2.75) is 12.6 Å². The first kappa shape index (κ1) is 14.3. The molecule has 1 aliphatic heterocycles. The molecule has 1 aliphatic rings. The minimum Gasteiger partial charge on any atom is -0.369 e. The highest BCUT2D eigenvalue weighted by atomic mass is 19.4. The Hall–Kier alpha value is -2.12. The van der Waals surface area contributed by atoms with Gasteiger partial charge in [-0.25, -0.2) is 4.39 Å². The first-order valence-corrected chi connectivity index (χ1v) is 5.66. The summed E-state index contributed by atoms with van der Waals surface area (Å²) in [5.74, 6) is -3.18. The van der Waals surface area contributed by atoms with Gasteiger partial charge in [-0.15, -0.1) is 0 Å². The summed E-state index contributed by atoms with van der Waals surface area (Å²) < 4.78 is 51.0. The fraction of sp³-hybridized carbons (Fsp3) is 0.333. The first-order valence-electron chi connectivity index (χ1n) is 5.66. The van der Waals surface area contributed by atoms with Crippen molar-refractivity contribution in [2.75, 3.05) is 11.4 Å². The van der Waals surface area contributed by atoms with E-state index in [0.29, 0.717) is 12.1 Å². The molecular formula is C12H10F4N2O2. The van der Waals surface area contributed by atoms with Gasteiger partial charge in [0.25, 0.3) is 0 Å². The van der Waals surface area contributed by atoms with Gasteiger partial charge in [-0.2, -0.15) is 13.2 Å².